The van der Waals surface area contributed by atoms with Gasteiger partial charge >= 0.3 is 0 Å². The summed E-state index contributed by atoms with van der Waals surface area (Å²) < 4.78 is 27.1. The van der Waals surface area contributed by atoms with Crippen LogP contribution in [0.4, 0.5) is 0 Å². The fraction of sp³-hybridized carbons (Fsp3) is 0.250. The highest BCUT2D eigenvalue weighted by molar-refractivity contribution is 7.89. The smallest absolute Gasteiger partial charge is 0.207 e. The lowest BCUT2D eigenvalue weighted by Crippen LogP contribution is -2.23. The molecule has 2 aromatic rings. The number of hydrogen-bond acceptors (Lipinski definition) is 2. The van der Waals surface area contributed by atoms with Crippen LogP contribution in [0.15, 0.2) is 47.4 Å². The molecule has 0 aliphatic heterocycles. The van der Waals surface area contributed by atoms with Gasteiger partial charge in [-0.15, -0.1) is 0 Å². The molecule has 0 radical (unpaired) electrons. The van der Waals surface area contributed by atoms with E-state index >= 15 is 0 Å². The third kappa shape index (κ3) is 4.23. The van der Waals surface area contributed by atoms with Gasteiger partial charge in [-0.25, -0.2) is 13.1 Å². The van der Waals surface area contributed by atoms with Crippen molar-refractivity contribution in [1.29, 1.82) is 0 Å². The van der Waals surface area contributed by atoms with Gasteiger partial charge in [0.2, 0.25) is 10.0 Å². The Hall–Kier alpha value is -1.07. The van der Waals surface area contributed by atoms with E-state index in [1.165, 1.54) is 0 Å². The number of rotatable bonds is 6. The molecule has 0 fully saturated rings. The third-order valence-corrected chi connectivity index (χ3v) is 5.53. The van der Waals surface area contributed by atoms with Crippen molar-refractivity contribution in [3.05, 3.63) is 63.6 Å². The number of hydrogen-bond donors (Lipinski definition) is 1. The lowest BCUT2D eigenvalue weighted by Gasteiger charge is -2.09. The zero-order valence-electron chi connectivity index (χ0n) is 12.1. The van der Waals surface area contributed by atoms with Crippen LogP contribution in [0.1, 0.15) is 24.5 Å². The number of nitrogens with one attached hydrogen (secondary N) is 1. The summed E-state index contributed by atoms with van der Waals surface area (Å²) in [6.07, 6.45) is 1.96. The van der Waals surface area contributed by atoms with Crippen molar-refractivity contribution in [2.75, 3.05) is 0 Å². The van der Waals surface area contributed by atoms with Crippen molar-refractivity contribution in [2.45, 2.75) is 31.2 Å². The molecule has 0 aliphatic rings. The molecule has 0 spiro atoms. The van der Waals surface area contributed by atoms with E-state index in [2.05, 4.69) is 11.6 Å². The van der Waals surface area contributed by atoms with E-state index < -0.39 is 10.0 Å². The van der Waals surface area contributed by atoms with Crippen LogP contribution in [0.3, 0.4) is 0 Å². The van der Waals surface area contributed by atoms with Crippen LogP contribution in [0, 0.1) is 0 Å². The maximum Gasteiger partial charge on any atom is 0.240 e. The zero-order valence-corrected chi connectivity index (χ0v) is 14.5. The quantitative estimate of drug-likeness (QED) is 0.831. The summed E-state index contributed by atoms with van der Waals surface area (Å²) in [5.41, 5.74) is 1.76. The molecule has 0 saturated carbocycles. The largest absolute Gasteiger partial charge is 0.240 e. The second kappa shape index (κ2) is 7.47. The fourth-order valence-corrected chi connectivity index (χ4v) is 3.46. The van der Waals surface area contributed by atoms with Gasteiger partial charge in [-0.2, -0.15) is 0 Å². The molecule has 0 amide bonds. The highest BCUT2D eigenvalue weighted by Gasteiger charge is 2.14. The molecule has 6 heteroatoms. The van der Waals surface area contributed by atoms with E-state index in [1.807, 2.05) is 12.1 Å². The first kappa shape index (κ1) is 17.3. The van der Waals surface area contributed by atoms with E-state index in [4.69, 9.17) is 23.2 Å². The second-order valence-electron chi connectivity index (χ2n) is 4.93. The normalized spacial score (nSPS) is 11.6. The molecule has 118 valence electrons. The van der Waals surface area contributed by atoms with Gasteiger partial charge in [-0.05, 0) is 35.7 Å². The van der Waals surface area contributed by atoms with Crippen LogP contribution < -0.4 is 4.72 Å². The summed E-state index contributed by atoms with van der Waals surface area (Å²) in [5.74, 6) is 0. The molecule has 22 heavy (non-hydrogen) atoms. The zero-order chi connectivity index (χ0) is 16.2. The van der Waals surface area contributed by atoms with Crippen LogP contribution in [0.2, 0.25) is 10.0 Å². The maximum absolute atomic E-state index is 12.3. The Bertz CT molecular complexity index is 743. The summed E-state index contributed by atoms with van der Waals surface area (Å²) in [4.78, 5) is 0.241. The molecule has 0 bridgehead atoms. The Morgan fingerprint density at radius 2 is 1.73 bits per heavy atom. The van der Waals surface area contributed by atoms with E-state index in [-0.39, 0.29) is 11.4 Å². The van der Waals surface area contributed by atoms with Gasteiger partial charge in [0, 0.05) is 6.54 Å². The summed E-state index contributed by atoms with van der Waals surface area (Å²) in [6, 6.07) is 12.0. The summed E-state index contributed by atoms with van der Waals surface area (Å²) in [5, 5.41) is 0.771. The highest BCUT2D eigenvalue weighted by Crippen LogP contribution is 2.25. The van der Waals surface area contributed by atoms with Crippen LogP contribution in [0.5, 0.6) is 0 Å². The molecule has 3 nitrogen and oxygen atoms in total. The molecule has 0 saturated heterocycles. The first-order chi connectivity index (χ1) is 10.4. The van der Waals surface area contributed by atoms with E-state index in [9.17, 15) is 8.42 Å². The number of aryl methyl sites for hydroxylation is 1. The van der Waals surface area contributed by atoms with Gasteiger partial charge < -0.3 is 0 Å². The van der Waals surface area contributed by atoms with Crippen molar-refractivity contribution in [2.24, 2.45) is 0 Å². The minimum atomic E-state index is -3.57. The van der Waals surface area contributed by atoms with Gasteiger partial charge in [0.1, 0.15) is 0 Å². The SMILES string of the molecule is CCCc1ccc(S(=O)(=O)NCc2cccc(Cl)c2Cl)cc1. The molecular weight excluding hydrogens is 341 g/mol. The topological polar surface area (TPSA) is 46.2 Å². The molecule has 2 aromatic carbocycles. The molecule has 2 rings (SSSR count). The van der Waals surface area contributed by atoms with Crippen molar-refractivity contribution in [1.82, 2.24) is 4.72 Å². The Balaban J connectivity index is 2.12. The minimum Gasteiger partial charge on any atom is -0.207 e. The standard InChI is InChI=1S/C16H17Cl2NO2S/c1-2-4-12-7-9-14(10-8-12)22(20,21)19-11-13-5-3-6-15(17)16(13)18/h3,5-10,19H,2,4,11H2,1H3. The van der Waals surface area contributed by atoms with Crippen molar-refractivity contribution in [3.63, 3.8) is 0 Å². The Labute approximate surface area is 141 Å². The first-order valence-electron chi connectivity index (χ1n) is 6.95. The molecule has 0 atom stereocenters. The Morgan fingerprint density at radius 3 is 2.36 bits per heavy atom. The predicted molar refractivity (Wildman–Crippen MR) is 90.9 cm³/mol. The summed E-state index contributed by atoms with van der Waals surface area (Å²) in [6.45, 7) is 2.18. The van der Waals surface area contributed by atoms with Gasteiger partial charge in [-0.1, -0.05) is 60.8 Å². The van der Waals surface area contributed by atoms with Crippen molar-refractivity contribution >= 4 is 33.2 Å². The molecule has 0 aromatic heterocycles. The van der Waals surface area contributed by atoms with Crippen LogP contribution >= 0.6 is 23.2 Å². The highest BCUT2D eigenvalue weighted by atomic mass is 35.5. The molecular formula is C16H17Cl2NO2S. The molecule has 0 unspecified atom stereocenters. The average Bonchev–Trinajstić information content (AvgIpc) is 2.50. The first-order valence-corrected chi connectivity index (χ1v) is 9.19. The molecule has 0 aliphatic carbocycles. The fourth-order valence-electron chi connectivity index (χ4n) is 2.07. The Morgan fingerprint density at radius 1 is 1.05 bits per heavy atom. The Kier molecular flexibility index (Phi) is 5.87. The lowest BCUT2D eigenvalue weighted by molar-refractivity contribution is 0.581. The third-order valence-electron chi connectivity index (χ3n) is 3.26. The molecule has 0 heterocycles. The van der Waals surface area contributed by atoms with Crippen molar-refractivity contribution < 1.29 is 8.42 Å². The van der Waals surface area contributed by atoms with Gasteiger partial charge in [-0.3, -0.25) is 0 Å². The maximum atomic E-state index is 12.3. The average molecular weight is 358 g/mol. The molecule has 1 N–H and O–H groups in total. The summed E-state index contributed by atoms with van der Waals surface area (Å²) >= 11 is 12.0. The van der Waals surface area contributed by atoms with Crippen LogP contribution in [-0.4, -0.2) is 8.42 Å². The second-order valence-corrected chi connectivity index (χ2v) is 7.48. The van der Waals surface area contributed by atoms with Gasteiger partial charge in [0.15, 0.2) is 0 Å². The summed E-state index contributed by atoms with van der Waals surface area (Å²) in [7, 11) is -3.57. The van der Waals surface area contributed by atoms with E-state index in [1.54, 1.807) is 30.3 Å². The van der Waals surface area contributed by atoms with E-state index in [0.717, 1.165) is 18.4 Å². The van der Waals surface area contributed by atoms with E-state index in [0.29, 0.717) is 15.6 Å². The monoisotopic (exact) mass is 357 g/mol. The van der Waals surface area contributed by atoms with Crippen molar-refractivity contribution in [3.8, 4) is 0 Å². The number of halogens is 2. The number of benzene rings is 2. The van der Waals surface area contributed by atoms with Crippen LogP contribution in [-0.2, 0) is 23.0 Å². The number of sulfonamides is 1. The van der Waals surface area contributed by atoms with Gasteiger partial charge in [0.05, 0.1) is 14.9 Å². The van der Waals surface area contributed by atoms with Crippen LogP contribution in [0.25, 0.3) is 0 Å². The van der Waals surface area contributed by atoms with Gasteiger partial charge in [0.25, 0.3) is 0 Å². The minimum absolute atomic E-state index is 0.0957. The lowest BCUT2D eigenvalue weighted by atomic mass is 10.1. The predicted octanol–water partition coefficient (Wildman–Crippen LogP) is 4.42.